The van der Waals surface area contributed by atoms with E-state index < -0.39 is 28.1 Å². The minimum atomic E-state index is -5.08. The fourth-order valence-corrected chi connectivity index (χ4v) is 4.38. The van der Waals surface area contributed by atoms with Crippen LogP contribution in [-0.2, 0) is 14.8 Å². The summed E-state index contributed by atoms with van der Waals surface area (Å²) in [5.41, 5.74) is 0.821. The highest BCUT2D eigenvalue weighted by atomic mass is 35.5. The zero-order valence-corrected chi connectivity index (χ0v) is 20.3. The summed E-state index contributed by atoms with van der Waals surface area (Å²) in [5, 5.41) is 16.8. The van der Waals surface area contributed by atoms with E-state index in [1.807, 2.05) is 11.9 Å². The number of carboxylic acid groups (broad SMARTS) is 2. The van der Waals surface area contributed by atoms with Crippen molar-refractivity contribution < 1.29 is 41.4 Å². The molecule has 1 saturated heterocycles. The molecule has 0 unspecified atom stereocenters. The molecule has 0 saturated carbocycles. The Hall–Kier alpha value is -2.74. The van der Waals surface area contributed by atoms with Gasteiger partial charge in [0.15, 0.2) is 0 Å². The van der Waals surface area contributed by atoms with Crippen LogP contribution in [0.1, 0.15) is 10.4 Å². The fraction of sp³-hybridized carbons (Fsp3) is 0.300. The molecule has 9 nitrogen and oxygen atoms in total. The number of aliphatic carboxylic acids is 1. The van der Waals surface area contributed by atoms with Crippen molar-refractivity contribution in [2.45, 2.75) is 11.1 Å². The molecular weight excluding hydrogens is 538 g/mol. The van der Waals surface area contributed by atoms with Gasteiger partial charge < -0.3 is 20.0 Å². The number of hydrogen-bond donors (Lipinski definition) is 3. The molecular formula is C20H20Cl2F3N3O6S. The highest BCUT2D eigenvalue weighted by Crippen LogP contribution is 2.32. The van der Waals surface area contributed by atoms with Crippen LogP contribution in [0.15, 0.2) is 41.3 Å². The molecule has 1 aliphatic rings. The molecule has 1 fully saturated rings. The van der Waals surface area contributed by atoms with Gasteiger partial charge in [-0.1, -0.05) is 23.2 Å². The van der Waals surface area contributed by atoms with Crippen LogP contribution in [0.2, 0.25) is 10.0 Å². The number of alkyl halides is 3. The number of sulfonamides is 1. The van der Waals surface area contributed by atoms with Gasteiger partial charge in [0.1, 0.15) is 0 Å². The number of hydrogen-bond acceptors (Lipinski definition) is 6. The van der Waals surface area contributed by atoms with E-state index >= 15 is 0 Å². The van der Waals surface area contributed by atoms with Crippen LogP contribution in [0.25, 0.3) is 0 Å². The first kappa shape index (κ1) is 28.5. The van der Waals surface area contributed by atoms with Gasteiger partial charge in [0, 0.05) is 26.2 Å². The number of carboxylic acids is 2. The largest absolute Gasteiger partial charge is 0.490 e. The van der Waals surface area contributed by atoms with Crippen molar-refractivity contribution in [1.82, 2.24) is 4.90 Å². The molecule has 1 heterocycles. The van der Waals surface area contributed by atoms with Gasteiger partial charge in [-0.15, -0.1) is 0 Å². The van der Waals surface area contributed by atoms with E-state index in [1.54, 1.807) is 6.07 Å². The van der Waals surface area contributed by atoms with Crippen molar-refractivity contribution in [3.05, 3.63) is 52.0 Å². The number of carbonyl (C=O) groups is 2. The quantitative estimate of drug-likeness (QED) is 0.505. The van der Waals surface area contributed by atoms with Crippen molar-refractivity contribution in [2.75, 3.05) is 42.8 Å². The summed E-state index contributed by atoms with van der Waals surface area (Å²) in [5.74, 6) is -3.90. The van der Waals surface area contributed by atoms with E-state index in [9.17, 15) is 31.5 Å². The number of rotatable bonds is 5. The molecule has 0 atom stereocenters. The number of likely N-dealkylation sites (N-methyl/N-ethyl adjacent to an activating group) is 1. The Morgan fingerprint density at radius 3 is 2.03 bits per heavy atom. The number of aromatic carboxylic acids is 1. The van der Waals surface area contributed by atoms with Gasteiger partial charge in [0.2, 0.25) is 0 Å². The maximum absolute atomic E-state index is 12.8. The average molecular weight is 558 g/mol. The number of nitrogens with zero attached hydrogens (tertiary/aromatic N) is 2. The second kappa shape index (κ2) is 11.3. The summed E-state index contributed by atoms with van der Waals surface area (Å²) in [7, 11) is -1.98. The lowest BCUT2D eigenvalue weighted by Crippen LogP contribution is -2.44. The first-order valence-corrected chi connectivity index (χ1v) is 11.9. The Balaban J connectivity index is 0.000000540. The SMILES string of the molecule is CN1CCN(c2ccc(C(=O)O)cc2NS(=O)(=O)c2ccc(Cl)c(Cl)c2)CC1.O=C(O)C(F)(F)F. The summed E-state index contributed by atoms with van der Waals surface area (Å²) in [4.78, 5) is 24.4. The van der Waals surface area contributed by atoms with E-state index in [0.717, 1.165) is 13.1 Å². The van der Waals surface area contributed by atoms with Crippen molar-refractivity contribution >= 4 is 56.5 Å². The molecule has 0 aromatic heterocycles. The lowest BCUT2D eigenvalue weighted by atomic mass is 10.1. The molecule has 1 aliphatic heterocycles. The monoisotopic (exact) mass is 557 g/mol. The molecule has 2 aromatic rings. The van der Waals surface area contributed by atoms with Crippen molar-refractivity contribution in [2.24, 2.45) is 0 Å². The highest BCUT2D eigenvalue weighted by Gasteiger charge is 2.38. The number of piperazine rings is 1. The molecule has 15 heteroatoms. The Morgan fingerprint density at radius 1 is 0.971 bits per heavy atom. The molecule has 2 aromatic carbocycles. The van der Waals surface area contributed by atoms with E-state index in [0.29, 0.717) is 18.8 Å². The lowest BCUT2D eigenvalue weighted by Gasteiger charge is -2.35. The topological polar surface area (TPSA) is 127 Å². The van der Waals surface area contributed by atoms with Crippen LogP contribution in [-0.4, -0.2) is 74.9 Å². The first-order chi connectivity index (χ1) is 16.1. The predicted octanol–water partition coefficient (Wildman–Crippen LogP) is 3.88. The number of anilines is 2. The molecule has 0 aliphatic carbocycles. The average Bonchev–Trinajstić information content (AvgIpc) is 2.75. The third-order valence-corrected chi connectivity index (χ3v) is 6.88. The number of nitrogens with one attached hydrogen (secondary N) is 1. The Morgan fingerprint density at radius 2 is 1.54 bits per heavy atom. The van der Waals surface area contributed by atoms with Gasteiger partial charge in [0.25, 0.3) is 10.0 Å². The zero-order chi connectivity index (χ0) is 26.6. The van der Waals surface area contributed by atoms with Crippen LogP contribution in [0.3, 0.4) is 0 Å². The molecule has 3 rings (SSSR count). The fourth-order valence-electron chi connectivity index (χ4n) is 2.92. The summed E-state index contributed by atoms with van der Waals surface area (Å²) in [6.07, 6.45) is -5.08. The van der Waals surface area contributed by atoms with Crippen LogP contribution in [0.4, 0.5) is 24.5 Å². The summed E-state index contributed by atoms with van der Waals surface area (Å²) in [6, 6.07) is 8.41. The summed E-state index contributed by atoms with van der Waals surface area (Å²) < 4.78 is 59.9. The van der Waals surface area contributed by atoms with Crippen LogP contribution in [0, 0.1) is 0 Å². The van der Waals surface area contributed by atoms with Gasteiger partial charge in [-0.05, 0) is 43.4 Å². The Kier molecular flexibility index (Phi) is 9.23. The minimum absolute atomic E-state index is 0.00952. The molecule has 0 spiro atoms. The molecule has 192 valence electrons. The maximum atomic E-state index is 12.8. The molecule has 3 N–H and O–H groups in total. The van der Waals surface area contributed by atoms with Crippen LogP contribution >= 0.6 is 23.2 Å². The predicted molar refractivity (Wildman–Crippen MR) is 124 cm³/mol. The van der Waals surface area contributed by atoms with Gasteiger partial charge in [-0.2, -0.15) is 13.2 Å². The van der Waals surface area contributed by atoms with Gasteiger partial charge in [-0.3, -0.25) is 4.72 Å². The summed E-state index contributed by atoms with van der Waals surface area (Å²) in [6.45, 7) is 3.04. The van der Waals surface area contributed by atoms with E-state index in [4.69, 9.17) is 33.1 Å². The number of benzene rings is 2. The van der Waals surface area contributed by atoms with E-state index in [-0.39, 0.29) is 26.2 Å². The Labute approximate surface area is 208 Å². The van der Waals surface area contributed by atoms with Crippen LogP contribution in [0.5, 0.6) is 0 Å². The number of halogens is 5. The molecule has 0 bridgehead atoms. The third kappa shape index (κ3) is 7.88. The van der Waals surface area contributed by atoms with Crippen molar-refractivity contribution in [3.8, 4) is 0 Å². The zero-order valence-electron chi connectivity index (χ0n) is 18.0. The standard InChI is InChI=1S/C18H19Cl2N3O4S.C2HF3O2/c1-22-6-8-23(9-7-22)17-5-2-12(18(24)25)10-16(17)21-28(26,27)13-3-4-14(19)15(20)11-13;3-2(4,5)1(6)7/h2-5,10-11,21H,6-9H2,1H3,(H,24,25);(H,6,7). The maximum Gasteiger partial charge on any atom is 0.490 e. The van der Waals surface area contributed by atoms with Gasteiger partial charge >= 0.3 is 18.1 Å². The van der Waals surface area contributed by atoms with Gasteiger partial charge in [-0.25, -0.2) is 18.0 Å². The highest BCUT2D eigenvalue weighted by molar-refractivity contribution is 7.92. The van der Waals surface area contributed by atoms with Crippen molar-refractivity contribution in [3.63, 3.8) is 0 Å². The van der Waals surface area contributed by atoms with E-state index in [1.165, 1.54) is 30.3 Å². The molecule has 35 heavy (non-hydrogen) atoms. The molecule has 0 radical (unpaired) electrons. The summed E-state index contributed by atoms with van der Waals surface area (Å²) >= 11 is 11.8. The smallest absolute Gasteiger partial charge is 0.478 e. The minimum Gasteiger partial charge on any atom is -0.478 e. The molecule has 0 amide bonds. The van der Waals surface area contributed by atoms with Gasteiger partial charge in [0.05, 0.1) is 31.9 Å². The second-order valence-corrected chi connectivity index (χ2v) is 9.81. The lowest BCUT2D eigenvalue weighted by molar-refractivity contribution is -0.192. The second-order valence-electron chi connectivity index (χ2n) is 7.31. The first-order valence-electron chi connectivity index (χ1n) is 9.70. The van der Waals surface area contributed by atoms with Crippen LogP contribution < -0.4 is 9.62 Å². The normalized spacial score (nSPS) is 14.6. The third-order valence-electron chi connectivity index (χ3n) is 4.78. The Bertz CT molecular complexity index is 1200. The van der Waals surface area contributed by atoms with Crippen molar-refractivity contribution in [1.29, 1.82) is 0 Å². The van der Waals surface area contributed by atoms with E-state index in [2.05, 4.69) is 9.62 Å².